The van der Waals surface area contributed by atoms with Crippen molar-refractivity contribution in [2.24, 2.45) is 11.8 Å². The van der Waals surface area contributed by atoms with E-state index >= 15 is 0 Å². The number of hydrogen-bond donors (Lipinski definition) is 2. The van der Waals surface area contributed by atoms with Crippen LogP contribution in [0.1, 0.15) is 25.7 Å². The molecule has 2 saturated carbocycles. The first kappa shape index (κ1) is 9.71. The van der Waals surface area contributed by atoms with Crippen molar-refractivity contribution in [2.45, 2.75) is 31.7 Å². The van der Waals surface area contributed by atoms with Crippen molar-refractivity contribution < 1.29 is 9.90 Å². The lowest BCUT2D eigenvalue weighted by Gasteiger charge is -2.17. The van der Waals surface area contributed by atoms with E-state index < -0.39 is 5.97 Å². The average Bonchev–Trinajstić information content (AvgIpc) is 2.99. The van der Waals surface area contributed by atoms with Crippen LogP contribution in [0.15, 0.2) is 12.2 Å². The van der Waals surface area contributed by atoms with E-state index in [4.69, 9.17) is 5.11 Å². The Balaban J connectivity index is 1.76. The normalized spacial score (nSPS) is 21.2. The van der Waals surface area contributed by atoms with Crippen molar-refractivity contribution in [1.82, 2.24) is 5.32 Å². The minimum atomic E-state index is -0.886. The van der Waals surface area contributed by atoms with Gasteiger partial charge in [-0.05, 0) is 37.5 Å². The molecule has 3 nitrogen and oxygen atoms in total. The van der Waals surface area contributed by atoms with Gasteiger partial charge < -0.3 is 10.4 Å². The molecule has 2 aliphatic rings. The van der Waals surface area contributed by atoms with Crippen LogP contribution in [-0.4, -0.2) is 23.7 Å². The van der Waals surface area contributed by atoms with Crippen molar-refractivity contribution in [2.75, 3.05) is 6.54 Å². The van der Waals surface area contributed by atoms with Crippen molar-refractivity contribution in [3.05, 3.63) is 12.2 Å². The van der Waals surface area contributed by atoms with Crippen LogP contribution in [0.25, 0.3) is 0 Å². The molecule has 0 amide bonds. The van der Waals surface area contributed by atoms with Crippen molar-refractivity contribution >= 4 is 5.97 Å². The largest absolute Gasteiger partial charge is 0.478 e. The van der Waals surface area contributed by atoms with E-state index in [1.54, 1.807) is 0 Å². The summed E-state index contributed by atoms with van der Waals surface area (Å²) < 4.78 is 0. The smallest absolute Gasteiger partial charge is 0.332 e. The van der Waals surface area contributed by atoms with E-state index in [0.717, 1.165) is 11.8 Å². The average molecular weight is 195 g/mol. The maximum absolute atomic E-state index is 10.5. The lowest BCUT2D eigenvalue weighted by molar-refractivity contribution is -0.132. The second kappa shape index (κ2) is 3.73. The van der Waals surface area contributed by atoms with E-state index in [-0.39, 0.29) is 5.57 Å². The number of aliphatic carboxylic acids is 1. The van der Waals surface area contributed by atoms with Crippen LogP contribution in [0, 0.1) is 11.8 Å². The molecule has 0 bridgehead atoms. The Hall–Kier alpha value is -0.830. The number of hydrogen-bond acceptors (Lipinski definition) is 2. The summed E-state index contributed by atoms with van der Waals surface area (Å²) in [4.78, 5) is 10.5. The molecule has 0 heterocycles. The van der Waals surface area contributed by atoms with Crippen LogP contribution in [0.4, 0.5) is 0 Å². The Morgan fingerprint density at radius 1 is 1.36 bits per heavy atom. The summed E-state index contributed by atoms with van der Waals surface area (Å²) in [7, 11) is 0. The summed E-state index contributed by atoms with van der Waals surface area (Å²) in [6, 6.07) is 0.561. The highest BCUT2D eigenvalue weighted by atomic mass is 16.4. The van der Waals surface area contributed by atoms with Crippen molar-refractivity contribution in [3.63, 3.8) is 0 Å². The third kappa shape index (κ3) is 2.35. The second-order valence-electron chi connectivity index (χ2n) is 4.49. The molecular formula is C11H17NO2. The molecule has 0 aromatic heterocycles. The highest BCUT2D eigenvalue weighted by Gasteiger charge is 2.41. The molecule has 14 heavy (non-hydrogen) atoms. The van der Waals surface area contributed by atoms with E-state index in [0.29, 0.717) is 12.6 Å². The molecule has 0 radical (unpaired) electrons. The zero-order chi connectivity index (χ0) is 10.1. The van der Waals surface area contributed by atoms with E-state index in [9.17, 15) is 4.79 Å². The summed E-state index contributed by atoms with van der Waals surface area (Å²) in [5, 5.41) is 12.0. The lowest BCUT2D eigenvalue weighted by atomic mass is 10.1. The van der Waals surface area contributed by atoms with Gasteiger partial charge in [-0.3, -0.25) is 0 Å². The van der Waals surface area contributed by atoms with Crippen LogP contribution < -0.4 is 5.32 Å². The Bertz CT molecular complexity index is 242. The Morgan fingerprint density at radius 2 is 1.86 bits per heavy atom. The van der Waals surface area contributed by atoms with Gasteiger partial charge >= 0.3 is 5.97 Å². The Labute approximate surface area is 84.2 Å². The quantitative estimate of drug-likeness (QED) is 0.630. The van der Waals surface area contributed by atoms with Gasteiger partial charge in [-0.25, -0.2) is 4.79 Å². The highest BCUT2D eigenvalue weighted by molar-refractivity contribution is 5.86. The maximum Gasteiger partial charge on any atom is 0.332 e. The van der Waals surface area contributed by atoms with Crippen LogP contribution in [0.2, 0.25) is 0 Å². The van der Waals surface area contributed by atoms with Crippen molar-refractivity contribution in [3.8, 4) is 0 Å². The molecule has 0 atom stereocenters. The number of rotatable bonds is 6. The number of nitrogens with one attached hydrogen (secondary N) is 1. The van der Waals surface area contributed by atoms with Gasteiger partial charge in [0.25, 0.3) is 0 Å². The molecule has 2 rings (SSSR count). The molecule has 2 fully saturated rings. The molecule has 0 aromatic rings. The fraction of sp³-hybridized carbons (Fsp3) is 0.727. The number of carbonyl (C=O) groups is 1. The Kier molecular flexibility index (Phi) is 2.59. The van der Waals surface area contributed by atoms with Gasteiger partial charge in [0.15, 0.2) is 0 Å². The molecule has 3 heteroatoms. The molecule has 0 unspecified atom stereocenters. The first-order valence-electron chi connectivity index (χ1n) is 5.33. The zero-order valence-corrected chi connectivity index (χ0v) is 8.33. The minimum Gasteiger partial charge on any atom is -0.478 e. The third-order valence-electron chi connectivity index (χ3n) is 3.11. The third-order valence-corrected chi connectivity index (χ3v) is 3.11. The lowest BCUT2D eigenvalue weighted by Crippen LogP contribution is -2.35. The molecule has 0 aromatic carbocycles. The van der Waals surface area contributed by atoms with Gasteiger partial charge in [-0.1, -0.05) is 6.58 Å². The molecule has 0 spiro atoms. The van der Waals surface area contributed by atoms with Gasteiger partial charge in [0.2, 0.25) is 0 Å². The molecule has 0 saturated heterocycles. The van der Waals surface area contributed by atoms with E-state index in [1.807, 2.05) is 0 Å². The minimum absolute atomic E-state index is 0.274. The van der Waals surface area contributed by atoms with Crippen molar-refractivity contribution in [1.29, 1.82) is 0 Å². The first-order chi connectivity index (χ1) is 6.68. The van der Waals surface area contributed by atoms with E-state index in [1.165, 1.54) is 25.7 Å². The summed E-state index contributed by atoms with van der Waals surface area (Å²) in [5.74, 6) is 0.732. The van der Waals surface area contributed by atoms with Crippen LogP contribution in [0.3, 0.4) is 0 Å². The predicted molar refractivity (Wildman–Crippen MR) is 54.0 cm³/mol. The summed E-state index contributed by atoms with van der Waals surface area (Å²) >= 11 is 0. The van der Waals surface area contributed by atoms with Crippen LogP contribution >= 0.6 is 0 Å². The maximum atomic E-state index is 10.5. The molecule has 78 valence electrons. The SMILES string of the molecule is C=C(CNC(C1CC1)C1CC1)C(=O)O. The topological polar surface area (TPSA) is 49.3 Å². The van der Waals surface area contributed by atoms with Gasteiger partial charge in [0.1, 0.15) is 0 Å². The highest BCUT2D eigenvalue weighted by Crippen LogP contribution is 2.44. The predicted octanol–water partition coefficient (Wildman–Crippen LogP) is 1.41. The zero-order valence-electron chi connectivity index (χ0n) is 8.33. The van der Waals surface area contributed by atoms with Gasteiger partial charge in [0.05, 0.1) is 0 Å². The standard InChI is InChI=1S/C11H17NO2/c1-7(11(13)14)6-12-10(8-2-3-8)9-4-5-9/h8-10,12H,1-6H2,(H,13,14). The first-order valence-corrected chi connectivity index (χ1v) is 5.33. The van der Waals surface area contributed by atoms with Crippen LogP contribution in [0.5, 0.6) is 0 Å². The Morgan fingerprint density at radius 3 is 2.21 bits per heavy atom. The fourth-order valence-corrected chi connectivity index (χ4v) is 1.95. The van der Waals surface area contributed by atoms with Crippen LogP contribution in [-0.2, 0) is 4.79 Å². The van der Waals surface area contributed by atoms with Gasteiger partial charge in [0, 0.05) is 18.2 Å². The van der Waals surface area contributed by atoms with Gasteiger partial charge in [-0.15, -0.1) is 0 Å². The number of carboxylic acids is 1. The van der Waals surface area contributed by atoms with Gasteiger partial charge in [-0.2, -0.15) is 0 Å². The summed E-state index contributed by atoms with van der Waals surface area (Å²) in [6.07, 6.45) is 5.25. The second-order valence-corrected chi connectivity index (χ2v) is 4.49. The molecule has 2 aliphatic carbocycles. The summed E-state index contributed by atoms with van der Waals surface area (Å²) in [6.45, 7) is 3.96. The summed E-state index contributed by atoms with van der Waals surface area (Å²) in [5.41, 5.74) is 0.274. The molecule has 0 aliphatic heterocycles. The fourth-order valence-electron chi connectivity index (χ4n) is 1.95. The number of carboxylic acid groups (broad SMARTS) is 1. The molecule has 2 N–H and O–H groups in total. The monoisotopic (exact) mass is 195 g/mol. The van der Waals surface area contributed by atoms with E-state index in [2.05, 4.69) is 11.9 Å². The molecular weight excluding hydrogens is 178 g/mol.